The van der Waals surface area contributed by atoms with E-state index in [0.29, 0.717) is 17.8 Å². The number of allylic oxidation sites excluding steroid dienone is 1. The first-order valence-corrected chi connectivity index (χ1v) is 5.53. The van der Waals surface area contributed by atoms with Gasteiger partial charge < -0.3 is 10.1 Å². The molecule has 1 atom stereocenters. The Morgan fingerprint density at radius 1 is 1.53 bits per heavy atom. The quantitative estimate of drug-likeness (QED) is 0.871. The first kappa shape index (κ1) is 11.5. The molecule has 0 unspecified atom stereocenters. The highest BCUT2D eigenvalue weighted by Gasteiger charge is 2.11. The predicted octanol–water partition coefficient (Wildman–Crippen LogP) is 2.80. The Morgan fingerprint density at radius 2 is 2.41 bits per heavy atom. The summed E-state index contributed by atoms with van der Waals surface area (Å²) in [5.74, 6) is -0.407. The summed E-state index contributed by atoms with van der Waals surface area (Å²) >= 11 is 0. The first-order valence-electron chi connectivity index (χ1n) is 5.53. The van der Waals surface area contributed by atoms with Crippen molar-refractivity contribution in [2.24, 2.45) is 0 Å². The average Bonchev–Trinajstić information content (AvgIpc) is 2.38. The second-order valence-electron chi connectivity index (χ2n) is 3.89. The number of nitrogens with one attached hydrogen (secondary N) is 1. The van der Waals surface area contributed by atoms with Crippen molar-refractivity contribution in [3.63, 3.8) is 0 Å². The normalized spacial score (nSPS) is 18.2. The van der Waals surface area contributed by atoms with Crippen molar-refractivity contribution < 1.29 is 9.13 Å². The zero-order valence-electron chi connectivity index (χ0n) is 9.32. The number of nitriles is 1. The van der Waals surface area contributed by atoms with Crippen LogP contribution in [0.3, 0.4) is 0 Å². The molecule has 0 amide bonds. The van der Waals surface area contributed by atoms with Crippen molar-refractivity contribution >= 4 is 5.69 Å². The van der Waals surface area contributed by atoms with Crippen LogP contribution in [0, 0.1) is 17.1 Å². The molecule has 2 rings (SSSR count). The molecule has 4 heteroatoms. The second kappa shape index (κ2) is 5.35. The van der Waals surface area contributed by atoms with Crippen LogP contribution in [0.1, 0.15) is 18.4 Å². The number of rotatable bonds is 3. The smallest absolute Gasteiger partial charge is 0.147 e. The van der Waals surface area contributed by atoms with Gasteiger partial charge in [0.1, 0.15) is 11.9 Å². The van der Waals surface area contributed by atoms with E-state index in [0.717, 1.165) is 12.8 Å². The van der Waals surface area contributed by atoms with Crippen molar-refractivity contribution in [2.45, 2.75) is 18.9 Å². The molecule has 0 bridgehead atoms. The van der Waals surface area contributed by atoms with Crippen LogP contribution in [0.4, 0.5) is 10.1 Å². The highest BCUT2D eigenvalue weighted by atomic mass is 19.1. The third-order valence-electron chi connectivity index (χ3n) is 2.64. The summed E-state index contributed by atoms with van der Waals surface area (Å²) in [5, 5.41) is 11.6. The van der Waals surface area contributed by atoms with Gasteiger partial charge in [0.2, 0.25) is 0 Å². The number of hydrogen-bond acceptors (Lipinski definition) is 3. The van der Waals surface area contributed by atoms with E-state index in [1.54, 1.807) is 18.4 Å². The molecule has 1 aromatic carbocycles. The molecule has 0 saturated heterocycles. The van der Waals surface area contributed by atoms with Gasteiger partial charge in [-0.2, -0.15) is 5.26 Å². The second-order valence-corrected chi connectivity index (χ2v) is 3.89. The van der Waals surface area contributed by atoms with Crippen molar-refractivity contribution in [2.75, 3.05) is 11.9 Å². The van der Waals surface area contributed by atoms with Crippen LogP contribution in [-0.2, 0) is 4.74 Å². The first-order chi connectivity index (χ1) is 8.29. The summed E-state index contributed by atoms with van der Waals surface area (Å²) in [6, 6.07) is 6.29. The van der Waals surface area contributed by atoms with Gasteiger partial charge in [-0.3, -0.25) is 0 Å². The topological polar surface area (TPSA) is 45.0 Å². The van der Waals surface area contributed by atoms with Crippen LogP contribution in [0.2, 0.25) is 0 Å². The van der Waals surface area contributed by atoms with Crippen LogP contribution in [0.15, 0.2) is 30.5 Å². The molecule has 88 valence electrons. The number of benzene rings is 1. The molecule has 1 heterocycles. The molecular weight excluding hydrogens is 219 g/mol. The Bertz CT molecular complexity index is 465. The highest BCUT2D eigenvalue weighted by molar-refractivity contribution is 5.48. The van der Waals surface area contributed by atoms with E-state index in [2.05, 4.69) is 5.32 Å². The van der Waals surface area contributed by atoms with Gasteiger partial charge in [0, 0.05) is 0 Å². The van der Waals surface area contributed by atoms with Gasteiger partial charge >= 0.3 is 0 Å². The van der Waals surface area contributed by atoms with Crippen LogP contribution in [0.5, 0.6) is 0 Å². The maximum atomic E-state index is 13.5. The lowest BCUT2D eigenvalue weighted by Crippen LogP contribution is -2.23. The molecule has 1 aliphatic heterocycles. The fraction of sp³-hybridized carbons (Fsp3) is 0.308. The largest absolute Gasteiger partial charge is 0.497 e. The molecule has 0 radical (unpaired) electrons. The van der Waals surface area contributed by atoms with Crippen LogP contribution in [0.25, 0.3) is 0 Å². The van der Waals surface area contributed by atoms with Gasteiger partial charge in [-0.1, -0.05) is 0 Å². The molecule has 3 nitrogen and oxygen atoms in total. The van der Waals surface area contributed by atoms with E-state index in [9.17, 15) is 4.39 Å². The summed E-state index contributed by atoms with van der Waals surface area (Å²) in [6.45, 7) is 0.563. The molecule has 1 N–H and O–H groups in total. The van der Waals surface area contributed by atoms with Crippen molar-refractivity contribution in [3.05, 3.63) is 41.9 Å². The summed E-state index contributed by atoms with van der Waals surface area (Å²) in [4.78, 5) is 0. The minimum atomic E-state index is -0.407. The number of halogens is 1. The van der Waals surface area contributed by atoms with Gasteiger partial charge in [0.25, 0.3) is 0 Å². The van der Waals surface area contributed by atoms with E-state index >= 15 is 0 Å². The van der Waals surface area contributed by atoms with Crippen LogP contribution < -0.4 is 5.32 Å². The summed E-state index contributed by atoms with van der Waals surface area (Å²) in [5.41, 5.74) is 0.729. The van der Waals surface area contributed by atoms with Crippen LogP contribution >= 0.6 is 0 Å². The Morgan fingerprint density at radius 3 is 3.06 bits per heavy atom. The molecule has 0 spiro atoms. The SMILES string of the molecule is N#Cc1ccc(NC[C@@H]2CCC=CO2)c(F)c1. The molecule has 0 saturated carbocycles. The fourth-order valence-electron chi connectivity index (χ4n) is 1.69. The van der Waals surface area contributed by atoms with E-state index in [-0.39, 0.29) is 6.10 Å². The monoisotopic (exact) mass is 232 g/mol. The third-order valence-corrected chi connectivity index (χ3v) is 2.64. The molecule has 0 aromatic heterocycles. The van der Waals surface area contributed by atoms with E-state index in [1.807, 2.05) is 12.1 Å². The lowest BCUT2D eigenvalue weighted by Gasteiger charge is -2.20. The third kappa shape index (κ3) is 2.97. The van der Waals surface area contributed by atoms with E-state index < -0.39 is 5.82 Å². The predicted molar refractivity (Wildman–Crippen MR) is 62.9 cm³/mol. The lowest BCUT2D eigenvalue weighted by atomic mass is 10.1. The molecule has 1 aromatic rings. The maximum Gasteiger partial charge on any atom is 0.147 e. The number of nitrogens with zero attached hydrogens (tertiary/aromatic N) is 1. The number of anilines is 1. The van der Waals surface area contributed by atoms with Gasteiger partial charge in [0.15, 0.2) is 0 Å². The molecule has 1 aliphatic rings. The minimum Gasteiger partial charge on any atom is -0.497 e. The minimum absolute atomic E-state index is 0.0787. The molecule has 17 heavy (non-hydrogen) atoms. The summed E-state index contributed by atoms with van der Waals surface area (Å²) in [7, 11) is 0. The fourth-order valence-corrected chi connectivity index (χ4v) is 1.69. The van der Waals surface area contributed by atoms with Gasteiger partial charge in [-0.25, -0.2) is 4.39 Å². The van der Waals surface area contributed by atoms with Crippen molar-refractivity contribution in [3.8, 4) is 6.07 Å². The van der Waals surface area contributed by atoms with Crippen molar-refractivity contribution in [1.29, 1.82) is 5.26 Å². The number of hydrogen-bond donors (Lipinski definition) is 1. The Hall–Kier alpha value is -2.02. The van der Waals surface area contributed by atoms with Gasteiger partial charge in [0.05, 0.1) is 30.1 Å². The molecular formula is C13H13FN2O. The maximum absolute atomic E-state index is 13.5. The molecule has 0 fully saturated rings. The van der Waals surface area contributed by atoms with Crippen LogP contribution in [-0.4, -0.2) is 12.6 Å². The zero-order valence-corrected chi connectivity index (χ0v) is 9.32. The Labute approximate surface area is 99.5 Å². The number of ether oxygens (including phenoxy) is 1. The lowest BCUT2D eigenvalue weighted by molar-refractivity contribution is 0.135. The van der Waals surface area contributed by atoms with Crippen molar-refractivity contribution in [1.82, 2.24) is 0 Å². The Balaban J connectivity index is 1.95. The standard InChI is InChI=1S/C13H13FN2O/c14-12-7-10(8-15)4-5-13(12)16-9-11-3-1-2-6-17-11/h2,4-7,11,16H,1,3,9H2/t11-/m0/s1. The molecule has 0 aliphatic carbocycles. The zero-order chi connectivity index (χ0) is 12.1. The Kier molecular flexibility index (Phi) is 3.61. The van der Waals surface area contributed by atoms with Gasteiger partial charge in [-0.15, -0.1) is 0 Å². The van der Waals surface area contributed by atoms with E-state index in [1.165, 1.54) is 6.07 Å². The summed E-state index contributed by atoms with van der Waals surface area (Å²) < 4.78 is 18.9. The van der Waals surface area contributed by atoms with E-state index in [4.69, 9.17) is 10.00 Å². The van der Waals surface area contributed by atoms with Gasteiger partial charge in [-0.05, 0) is 37.1 Å². The average molecular weight is 232 g/mol. The highest BCUT2D eigenvalue weighted by Crippen LogP contribution is 2.17. The summed E-state index contributed by atoms with van der Waals surface area (Å²) in [6.07, 6.45) is 5.66.